The van der Waals surface area contributed by atoms with E-state index in [2.05, 4.69) is 5.32 Å². The van der Waals surface area contributed by atoms with Gasteiger partial charge in [-0.05, 0) is 12.1 Å². The number of halogens is 3. The van der Waals surface area contributed by atoms with Gasteiger partial charge in [-0.2, -0.15) is 13.2 Å². The Kier molecular flexibility index (Phi) is 2.27. The van der Waals surface area contributed by atoms with E-state index in [9.17, 15) is 18.0 Å². The Morgan fingerprint density at radius 3 is 2.79 bits per heavy atom. The van der Waals surface area contributed by atoms with Crippen LogP contribution in [0.15, 0.2) is 18.2 Å². The fraction of sp³-hybridized carbons (Fsp3) is 0.417. The number of ether oxygens (including phenoxy) is 1. The third-order valence-electron chi connectivity index (χ3n) is 3.59. The molecule has 1 atom stereocenters. The molecule has 0 bridgehead atoms. The van der Waals surface area contributed by atoms with Crippen molar-refractivity contribution < 1.29 is 22.7 Å². The van der Waals surface area contributed by atoms with Crippen molar-refractivity contribution in [2.24, 2.45) is 0 Å². The molecule has 4 nitrogen and oxygen atoms in total. The first-order chi connectivity index (χ1) is 8.89. The van der Waals surface area contributed by atoms with Gasteiger partial charge in [0.2, 0.25) is 11.6 Å². The average molecular weight is 272 g/mol. The topological polar surface area (TPSA) is 41.6 Å². The minimum Gasteiger partial charge on any atom is -0.497 e. The molecule has 2 aliphatic rings. The van der Waals surface area contributed by atoms with Crippen LogP contribution in [0.25, 0.3) is 0 Å². The summed E-state index contributed by atoms with van der Waals surface area (Å²) >= 11 is 0. The van der Waals surface area contributed by atoms with Gasteiger partial charge in [-0.15, -0.1) is 0 Å². The van der Waals surface area contributed by atoms with Crippen LogP contribution in [0.5, 0.6) is 5.75 Å². The normalized spacial score (nSPS) is 25.1. The fourth-order valence-electron chi connectivity index (χ4n) is 2.67. The molecule has 0 spiro atoms. The summed E-state index contributed by atoms with van der Waals surface area (Å²) in [7, 11) is 1.42. The SMILES string of the molecule is COc1ccc2c(c1)N1C(=O)CCC1(C(F)(F)F)N2. The van der Waals surface area contributed by atoms with Crippen LogP contribution in [-0.4, -0.2) is 24.9 Å². The standard InChI is InChI=1S/C12H11F3N2O2/c1-19-7-2-3-8-9(6-7)17-10(18)4-5-11(17,16-8)12(13,14)15/h2-3,6,16H,4-5H2,1H3. The van der Waals surface area contributed by atoms with E-state index >= 15 is 0 Å². The van der Waals surface area contributed by atoms with Crippen LogP contribution in [0.2, 0.25) is 0 Å². The number of rotatable bonds is 1. The van der Waals surface area contributed by atoms with Crippen molar-refractivity contribution >= 4 is 17.3 Å². The average Bonchev–Trinajstić information content (AvgIpc) is 2.85. The van der Waals surface area contributed by atoms with Gasteiger partial charge < -0.3 is 10.1 Å². The molecule has 0 aliphatic carbocycles. The number of nitrogens with zero attached hydrogens (tertiary/aromatic N) is 1. The second-order valence-corrected chi connectivity index (χ2v) is 4.60. The predicted octanol–water partition coefficient (Wildman–Crippen LogP) is 2.51. The Hall–Kier alpha value is -1.92. The van der Waals surface area contributed by atoms with Crippen LogP contribution in [0.3, 0.4) is 0 Å². The van der Waals surface area contributed by atoms with Gasteiger partial charge in [-0.1, -0.05) is 0 Å². The van der Waals surface area contributed by atoms with Crippen molar-refractivity contribution in [2.45, 2.75) is 24.7 Å². The third kappa shape index (κ3) is 1.44. The zero-order valence-corrected chi connectivity index (χ0v) is 10.0. The Morgan fingerprint density at radius 2 is 2.16 bits per heavy atom. The van der Waals surface area contributed by atoms with E-state index in [0.29, 0.717) is 11.4 Å². The molecule has 2 heterocycles. The third-order valence-corrected chi connectivity index (χ3v) is 3.59. The van der Waals surface area contributed by atoms with Crippen molar-refractivity contribution in [3.63, 3.8) is 0 Å². The highest BCUT2D eigenvalue weighted by Crippen LogP contribution is 2.53. The molecule has 1 unspecified atom stereocenters. The van der Waals surface area contributed by atoms with Crippen molar-refractivity contribution in [3.05, 3.63) is 18.2 Å². The lowest BCUT2D eigenvalue weighted by Gasteiger charge is -2.34. The van der Waals surface area contributed by atoms with Crippen LogP contribution in [0.1, 0.15) is 12.8 Å². The molecular weight excluding hydrogens is 261 g/mol. The van der Waals surface area contributed by atoms with E-state index < -0.39 is 17.7 Å². The highest BCUT2D eigenvalue weighted by Gasteiger charge is 2.66. The van der Waals surface area contributed by atoms with Crippen molar-refractivity contribution in [1.82, 2.24) is 0 Å². The Balaban J connectivity index is 2.15. The molecule has 1 N–H and O–H groups in total. The number of fused-ring (bicyclic) bond motifs is 3. The molecule has 102 valence electrons. The maximum Gasteiger partial charge on any atom is 0.430 e. The van der Waals surface area contributed by atoms with Crippen molar-refractivity contribution in [3.8, 4) is 5.75 Å². The van der Waals surface area contributed by atoms with Gasteiger partial charge in [0.25, 0.3) is 0 Å². The molecule has 2 aliphatic heterocycles. The summed E-state index contributed by atoms with van der Waals surface area (Å²) in [5.74, 6) is -0.116. The van der Waals surface area contributed by atoms with Crippen LogP contribution in [0.4, 0.5) is 24.5 Å². The first-order valence-corrected chi connectivity index (χ1v) is 5.75. The van der Waals surface area contributed by atoms with Gasteiger partial charge in [0, 0.05) is 18.9 Å². The second kappa shape index (κ2) is 3.55. The van der Waals surface area contributed by atoms with E-state index in [4.69, 9.17) is 4.74 Å². The first-order valence-electron chi connectivity index (χ1n) is 5.75. The number of methoxy groups -OCH3 is 1. The number of carbonyl (C=O) groups excluding carboxylic acids is 1. The predicted molar refractivity (Wildman–Crippen MR) is 62.1 cm³/mol. The summed E-state index contributed by atoms with van der Waals surface area (Å²) < 4.78 is 45.0. The van der Waals surface area contributed by atoms with Gasteiger partial charge in [-0.25, -0.2) is 0 Å². The van der Waals surface area contributed by atoms with Crippen molar-refractivity contribution in [1.29, 1.82) is 0 Å². The van der Waals surface area contributed by atoms with Crippen LogP contribution in [-0.2, 0) is 4.79 Å². The van der Waals surface area contributed by atoms with Gasteiger partial charge in [0.05, 0.1) is 18.5 Å². The molecule has 7 heteroatoms. The molecule has 0 saturated carbocycles. The van der Waals surface area contributed by atoms with E-state index in [-0.39, 0.29) is 18.5 Å². The summed E-state index contributed by atoms with van der Waals surface area (Å²) in [6.45, 7) is 0. The number of amides is 1. The minimum absolute atomic E-state index is 0.122. The number of carbonyl (C=O) groups is 1. The smallest absolute Gasteiger partial charge is 0.430 e. The largest absolute Gasteiger partial charge is 0.497 e. The Labute approximate surface area is 107 Å². The maximum atomic E-state index is 13.3. The molecule has 3 rings (SSSR count). The lowest BCUT2D eigenvalue weighted by atomic mass is 10.1. The number of hydrogen-bond donors (Lipinski definition) is 1. The van der Waals surface area contributed by atoms with E-state index in [1.807, 2.05) is 0 Å². The molecule has 0 aromatic heterocycles. The summed E-state index contributed by atoms with van der Waals surface area (Å²) in [5.41, 5.74) is -1.79. The van der Waals surface area contributed by atoms with Gasteiger partial charge in [0.15, 0.2) is 0 Å². The molecule has 1 aromatic carbocycles. The highest BCUT2D eigenvalue weighted by molar-refractivity contribution is 6.04. The molecule has 1 amide bonds. The number of benzene rings is 1. The highest BCUT2D eigenvalue weighted by atomic mass is 19.4. The number of nitrogens with one attached hydrogen (secondary N) is 1. The number of anilines is 2. The molecule has 1 aromatic rings. The summed E-state index contributed by atoms with van der Waals surface area (Å²) in [4.78, 5) is 12.6. The second-order valence-electron chi connectivity index (χ2n) is 4.60. The van der Waals surface area contributed by atoms with Gasteiger partial charge in [0.1, 0.15) is 5.75 Å². The molecule has 1 saturated heterocycles. The zero-order chi connectivity index (χ0) is 13.8. The lowest BCUT2D eigenvalue weighted by Crippen LogP contribution is -2.58. The minimum atomic E-state index is -4.54. The maximum absolute atomic E-state index is 13.3. The molecule has 0 radical (unpaired) electrons. The fourth-order valence-corrected chi connectivity index (χ4v) is 2.67. The van der Waals surface area contributed by atoms with Gasteiger partial charge in [-0.3, -0.25) is 9.69 Å². The number of alkyl halides is 3. The van der Waals surface area contributed by atoms with Crippen LogP contribution < -0.4 is 15.0 Å². The summed E-state index contributed by atoms with van der Waals surface area (Å²) in [5, 5.41) is 2.46. The Bertz CT molecular complexity index is 558. The van der Waals surface area contributed by atoms with E-state index in [1.165, 1.54) is 19.2 Å². The van der Waals surface area contributed by atoms with Gasteiger partial charge >= 0.3 is 6.18 Å². The quantitative estimate of drug-likeness (QED) is 0.854. The molecular formula is C12H11F3N2O2. The lowest BCUT2D eigenvalue weighted by molar-refractivity contribution is -0.175. The van der Waals surface area contributed by atoms with Crippen LogP contribution in [0, 0.1) is 0 Å². The molecule has 1 fully saturated rings. The zero-order valence-electron chi connectivity index (χ0n) is 10.0. The number of hydrogen-bond acceptors (Lipinski definition) is 3. The molecule has 19 heavy (non-hydrogen) atoms. The van der Waals surface area contributed by atoms with Crippen LogP contribution >= 0.6 is 0 Å². The summed E-state index contributed by atoms with van der Waals surface area (Å²) in [6, 6.07) is 4.49. The van der Waals surface area contributed by atoms with Crippen molar-refractivity contribution in [2.75, 3.05) is 17.3 Å². The summed E-state index contributed by atoms with van der Waals surface area (Å²) in [6.07, 6.45) is -4.94. The van der Waals surface area contributed by atoms with E-state index in [0.717, 1.165) is 4.90 Å². The van der Waals surface area contributed by atoms with E-state index in [1.54, 1.807) is 6.07 Å². The first kappa shape index (κ1) is 12.1. The Morgan fingerprint density at radius 1 is 1.42 bits per heavy atom. The monoisotopic (exact) mass is 272 g/mol.